The molecule has 0 saturated heterocycles. The topological polar surface area (TPSA) is 64.7 Å². The molecule has 2 rings (SSSR count). The molecule has 162 valence electrons. The monoisotopic (exact) mass is 422 g/mol. The van der Waals surface area contributed by atoms with Gasteiger partial charge in [0, 0.05) is 40.7 Å². The smallest absolute Gasteiger partial charge is 0.376 e. The number of nitrogens with zero attached hydrogens (tertiary/aromatic N) is 2. The van der Waals surface area contributed by atoms with Crippen LogP contribution in [0.1, 0.15) is 17.5 Å². The van der Waals surface area contributed by atoms with Gasteiger partial charge < -0.3 is 20.4 Å². The van der Waals surface area contributed by atoms with Crippen molar-refractivity contribution in [2.45, 2.75) is 19.1 Å². The molecule has 0 bridgehead atoms. The molecule has 0 aliphatic heterocycles. The van der Waals surface area contributed by atoms with Crippen molar-refractivity contribution in [3.8, 4) is 0 Å². The van der Waals surface area contributed by atoms with Gasteiger partial charge in [-0.1, -0.05) is 30.3 Å². The number of rotatable bonds is 7. The quantitative estimate of drug-likeness (QED) is 0.710. The third kappa shape index (κ3) is 6.68. The Kier molecular flexibility index (Phi) is 7.68. The molecule has 2 N–H and O–H groups in total. The molecule has 2 aromatic rings. The number of hydrogen-bond donors (Lipinski definition) is 2. The van der Waals surface area contributed by atoms with E-state index < -0.39 is 17.6 Å². The van der Waals surface area contributed by atoms with Crippen LogP contribution in [0.3, 0.4) is 0 Å². The van der Waals surface area contributed by atoms with Crippen LogP contribution in [0.4, 0.5) is 29.3 Å². The molecule has 0 saturated carbocycles. The minimum atomic E-state index is -4.51. The Morgan fingerprint density at radius 1 is 1.00 bits per heavy atom. The first-order valence-corrected chi connectivity index (χ1v) is 9.29. The summed E-state index contributed by atoms with van der Waals surface area (Å²) in [6.45, 7) is 0.468. The standard InChI is InChI=1S/C21H25F3N4O2/c1-27(2)18-10-9-16(21(22,23)24)13-17(18)26-19(29)11-12-25-20(30)28(3)14-15-7-5-4-6-8-15/h4-10,13H,11-12,14H2,1-3H3,(H,25,30)(H,26,29). The fourth-order valence-corrected chi connectivity index (χ4v) is 2.76. The van der Waals surface area contributed by atoms with Gasteiger partial charge in [-0.25, -0.2) is 4.79 Å². The van der Waals surface area contributed by atoms with Gasteiger partial charge in [-0.2, -0.15) is 13.2 Å². The molecule has 3 amide bonds. The van der Waals surface area contributed by atoms with Gasteiger partial charge in [-0.05, 0) is 23.8 Å². The molecule has 30 heavy (non-hydrogen) atoms. The SMILES string of the molecule is CN(Cc1ccccc1)C(=O)NCCC(=O)Nc1cc(C(F)(F)F)ccc1N(C)C. The van der Waals surface area contributed by atoms with Crippen molar-refractivity contribution in [2.24, 2.45) is 0 Å². The number of hydrogen-bond acceptors (Lipinski definition) is 3. The normalized spacial score (nSPS) is 11.0. The van der Waals surface area contributed by atoms with Gasteiger partial charge in [0.1, 0.15) is 0 Å². The van der Waals surface area contributed by atoms with Crippen molar-refractivity contribution < 1.29 is 22.8 Å². The van der Waals surface area contributed by atoms with Gasteiger partial charge in [-0.3, -0.25) is 4.79 Å². The van der Waals surface area contributed by atoms with Gasteiger partial charge >= 0.3 is 12.2 Å². The Hall–Kier alpha value is -3.23. The van der Waals surface area contributed by atoms with E-state index in [1.54, 1.807) is 26.0 Å². The van der Waals surface area contributed by atoms with E-state index in [0.29, 0.717) is 12.2 Å². The molecule has 0 aromatic heterocycles. The van der Waals surface area contributed by atoms with Crippen molar-refractivity contribution >= 4 is 23.3 Å². The van der Waals surface area contributed by atoms with Crippen LogP contribution in [0.2, 0.25) is 0 Å². The lowest BCUT2D eigenvalue weighted by Gasteiger charge is -2.20. The van der Waals surface area contributed by atoms with Crippen LogP contribution in [0.5, 0.6) is 0 Å². The largest absolute Gasteiger partial charge is 0.416 e. The average molecular weight is 422 g/mol. The number of urea groups is 1. The van der Waals surface area contributed by atoms with Crippen LogP contribution in [0.15, 0.2) is 48.5 Å². The first-order valence-electron chi connectivity index (χ1n) is 9.29. The molecule has 0 atom stereocenters. The number of halogens is 3. The minimum absolute atomic E-state index is 0.0556. The second-order valence-electron chi connectivity index (χ2n) is 7.00. The maximum atomic E-state index is 13.0. The molecule has 0 fully saturated rings. The molecule has 0 unspecified atom stereocenters. The summed E-state index contributed by atoms with van der Waals surface area (Å²) in [7, 11) is 4.97. The van der Waals surface area contributed by atoms with Crippen LogP contribution in [-0.4, -0.2) is 44.5 Å². The van der Waals surface area contributed by atoms with E-state index in [2.05, 4.69) is 10.6 Å². The minimum Gasteiger partial charge on any atom is -0.376 e. The molecule has 0 radical (unpaired) electrons. The van der Waals surface area contributed by atoms with Gasteiger partial charge in [0.05, 0.1) is 16.9 Å². The summed E-state index contributed by atoms with van der Waals surface area (Å²) in [5.74, 6) is -0.497. The summed E-state index contributed by atoms with van der Waals surface area (Å²) < 4.78 is 38.9. The predicted molar refractivity (Wildman–Crippen MR) is 110 cm³/mol. The molecule has 2 aromatic carbocycles. The molecule has 9 heteroatoms. The van der Waals surface area contributed by atoms with E-state index in [0.717, 1.165) is 17.7 Å². The number of benzene rings is 2. The summed E-state index contributed by atoms with van der Waals surface area (Å²) in [4.78, 5) is 27.4. The molecular weight excluding hydrogens is 397 g/mol. The number of anilines is 2. The zero-order valence-electron chi connectivity index (χ0n) is 17.1. The number of nitrogens with one attached hydrogen (secondary N) is 2. The van der Waals surface area contributed by atoms with Crippen LogP contribution >= 0.6 is 0 Å². The summed E-state index contributed by atoms with van der Waals surface area (Å²) in [6.07, 6.45) is -4.59. The molecule has 0 aliphatic carbocycles. The molecular formula is C21H25F3N4O2. The van der Waals surface area contributed by atoms with Crippen LogP contribution < -0.4 is 15.5 Å². The maximum absolute atomic E-state index is 13.0. The summed E-state index contributed by atoms with van der Waals surface area (Å²) >= 11 is 0. The predicted octanol–water partition coefficient (Wildman–Crippen LogP) is 3.94. The Labute approximate surface area is 173 Å². The highest BCUT2D eigenvalue weighted by Gasteiger charge is 2.31. The number of carbonyl (C=O) groups is 2. The Bertz CT molecular complexity index is 870. The van der Waals surface area contributed by atoms with E-state index in [4.69, 9.17) is 0 Å². The van der Waals surface area contributed by atoms with E-state index in [-0.39, 0.29) is 24.7 Å². The van der Waals surface area contributed by atoms with E-state index in [1.807, 2.05) is 30.3 Å². The van der Waals surface area contributed by atoms with E-state index in [9.17, 15) is 22.8 Å². The van der Waals surface area contributed by atoms with Gasteiger partial charge in [0.25, 0.3) is 0 Å². The fraction of sp³-hybridized carbons (Fsp3) is 0.333. The Morgan fingerprint density at radius 3 is 2.27 bits per heavy atom. The second kappa shape index (κ2) is 10.00. The van der Waals surface area contributed by atoms with Crippen molar-refractivity contribution in [1.82, 2.24) is 10.2 Å². The van der Waals surface area contributed by atoms with Gasteiger partial charge in [0.2, 0.25) is 5.91 Å². The third-order valence-electron chi connectivity index (χ3n) is 4.32. The molecule has 6 nitrogen and oxygen atoms in total. The zero-order chi connectivity index (χ0) is 22.3. The van der Waals surface area contributed by atoms with E-state index >= 15 is 0 Å². The average Bonchev–Trinajstić information content (AvgIpc) is 2.67. The van der Waals surface area contributed by atoms with Gasteiger partial charge in [0.15, 0.2) is 0 Å². The Balaban J connectivity index is 1.90. The molecule has 0 heterocycles. The molecule has 0 spiro atoms. The summed E-state index contributed by atoms with van der Waals surface area (Å²) in [5, 5.41) is 5.13. The van der Waals surface area contributed by atoms with Gasteiger partial charge in [-0.15, -0.1) is 0 Å². The molecule has 0 aliphatic rings. The van der Waals surface area contributed by atoms with Crippen molar-refractivity contribution in [3.05, 3.63) is 59.7 Å². The second-order valence-corrected chi connectivity index (χ2v) is 7.00. The lowest BCUT2D eigenvalue weighted by molar-refractivity contribution is -0.137. The highest BCUT2D eigenvalue weighted by molar-refractivity contribution is 5.94. The van der Waals surface area contributed by atoms with Crippen molar-refractivity contribution in [1.29, 1.82) is 0 Å². The van der Waals surface area contributed by atoms with Crippen molar-refractivity contribution in [2.75, 3.05) is 37.9 Å². The van der Waals surface area contributed by atoms with Crippen LogP contribution in [-0.2, 0) is 17.5 Å². The first kappa shape index (κ1) is 23.1. The number of alkyl halides is 3. The highest BCUT2D eigenvalue weighted by Crippen LogP contribution is 2.34. The van der Waals surface area contributed by atoms with E-state index in [1.165, 1.54) is 11.0 Å². The highest BCUT2D eigenvalue weighted by atomic mass is 19.4. The number of carbonyl (C=O) groups excluding carboxylic acids is 2. The van der Waals surface area contributed by atoms with Crippen LogP contribution in [0, 0.1) is 0 Å². The first-order chi connectivity index (χ1) is 14.1. The van der Waals surface area contributed by atoms with Crippen molar-refractivity contribution in [3.63, 3.8) is 0 Å². The lowest BCUT2D eigenvalue weighted by atomic mass is 10.1. The van der Waals surface area contributed by atoms with Crippen LogP contribution in [0.25, 0.3) is 0 Å². The fourth-order valence-electron chi connectivity index (χ4n) is 2.76. The Morgan fingerprint density at radius 2 is 1.67 bits per heavy atom. The summed E-state index contributed by atoms with van der Waals surface area (Å²) in [6, 6.07) is 12.3. The lowest BCUT2D eigenvalue weighted by Crippen LogP contribution is -2.38. The summed E-state index contributed by atoms with van der Waals surface area (Å²) in [5.41, 5.74) is 0.628. The number of amides is 3. The zero-order valence-corrected chi connectivity index (χ0v) is 17.1. The third-order valence-corrected chi connectivity index (χ3v) is 4.32. The maximum Gasteiger partial charge on any atom is 0.416 e.